The molecule has 1 spiro atoms. The van der Waals surface area contributed by atoms with Gasteiger partial charge in [-0.15, -0.1) is 12.4 Å². The SMILES string of the molecule is Cl.O=S(=O)(c1cccnc1)N1CCC2(CCNCC2)C1. The molecule has 0 radical (unpaired) electrons. The number of sulfonamides is 1. The van der Waals surface area contributed by atoms with Gasteiger partial charge in [-0.1, -0.05) is 0 Å². The molecule has 0 aliphatic carbocycles. The van der Waals surface area contributed by atoms with Gasteiger partial charge in [-0.3, -0.25) is 4.98 Å². The molecule has 0 unspecified atom stereocenters. The minimum atomic E-state index is -3.36. The van der Waals surface area contributed by atoms with E-state index in [1.165, 1.54) is 6.20 Å². The van der Waals surface area contributed by atoms with Crippen LogP contribution >= 0.6 is 12.4 Å². The zero-order chi connectivity index (χ0) is 13.3. The normalized spacial score (nSPS) is 22.6. The summed E-state index contributed by atoms with van der Waals surface area (Å²) in [7, 11) is -3.36. The lowest BCUT2D eigenvalue weighted by Crippen LogP contribution is -2.39. The van der Waals surface area contributed by atoms with E-state index in [-0.39, 0.29) is 17.8 Å². The van der Waals surface area contributed by atoms with Crippen molar-refractivity contribution in [3.05, 3.63) is 24.5 Å². The standard InChI is InChI=1S/C13H19N3O2S.ClH/c17-19(18,12-2-1-6-15-10-12)16-9-5-13(11-16)3-7-14-8-4-13;/h1-2,6,10,14H,3-5,7-9,11H2;1H. The average molecular weight is 318 g/mol. The van der Waals surface area contributed by atoms with E-state index in [1.807, 2.05) is 0 Å². The van der Waals surface area contributed by atoms with Crippen molar-refractivity contribution >= 4 is 22.4 Å². The van der Waals surface area contributed by atoms with Crippen LogP contribution in [0.2, 0.25) is 0 Å². The molecule has 1 N–H and O–H groups in total. The van der Waals surface area contributed by atoms with Crippen LogP contribution < -0.4 is 5.32 Å². The number of hydrogen-bond acceptors (Lipinski definition) is 4. The van der Waals surface area contributed by atoms with Crippen LogP contribution in [0, 0.1) is 5.41 Å². The molecule has 3 heterocycles. The largest absolute Gasteiger partial charge is 0.317 e. The third-order valence-electron chi connectivity index (χ3n) is 4.34. The van der Waals surface area contributed by atoms with Gasteiger partial charge >= 0.3 is 0 Å². The summed E-state index contributed by atoms with van der Waals surface area (Å²) in [5.41, 5.74) is 0.195. The van der Waals surface area contributed by atoms with Crippen molar-refractivity contribution in [2.24, 2.45) is 5.41 Å². The number of rotatable bonds is 2. The summed E-state index contributed by atoms with van der Waals surface area (Å²) >= 11 is 0. The van der Waals surface area contributed by atoms with Crippen molar-refractivity contribution < 1.29 is 8.42 Å². The van der Waals surface area contributed by atoms with Gasteiger partial charge in [0, 0.05) is 25.5 Å². The second kappa shape index (κ2) is 5.97. The molecule has 1 aromatic rings. The van der Waals surface area contributed by atoms with Crippen molar-refractivity contribution in [1.82, 2.24) is 14.6 Å². The smallest absolute Gasteiger partial charge is 0.244 e. The molecule has 5 nitrogen and oxygen atoms in total. The van der Waals surface area contributed by atoms with Crippen LogP contribution in [0.5, 0.6) is 0 Å². The van der Waals surface area contributed by atoms with Crippen LogP contribution in [0.15, 0.2) is 29.4 Å². The summed E-state index contributed by atoms with van der Waals surface area (Å²) in [4.78, 5) is 4.22. The molecule has 7 heteroatoms. The summed E-state index contributed by atoms with van der Waals surface area (Å²) in [5, 5.41) is 3.34. The molecule has 0 saturated carbocycles. The topological polar surface area (TPSA) is 62.3 Å². The molecule has 2 fully saturated rings. The lowest BCUT2D eigenvalue weighted by atomic mass is 9.78. The molecule has 0 bridgehead atoms. The van der Waals surface area contributed by atoms with Crippen LogP contribution in [0.3, 0.4) is 0 Å². The first-order valence-corrected chi connectivity index (χ1v) is 8.17. The third-order valence-corrected chi connectivity index (χ3v) is 6.17. The van der Waals surface area contributed by atoms with E-state index in [1.54, 1.807) is 22.6 Å². The number of aromatic nitrogens is 1. The van der Waals surface area contributed by atoms with Gasteiger partial charge in [0.05, 0.1) is 0 Å². The zero-order valence-corrected chi connectivity index (χ0v) is 12.9. The zero-order valence-electron chi connectivity index (χ0n) is 11.3. The highest BCUT2D eigenvalue weighted by atomic mass is 35.5. The Morgan fingerprint density at radius 3 is 2.65 bits per heavy atom. The van der Waals surface area contributed by atoms with Crippen molar-refractivity contribution in [3.8, 4) is 0 Å². The van der Waals surface area contributed by atoms with Crippen LogP contribution in [0.25, 0.3) is 0 Å². The van der Waals surface area contributed by atoms with E-state index in [9.17, 15) is 8.42 Å². The maximum absolute atomic E-state index is 12.5. The monoisotopic (exact) mass is 317 g/mol. The number of pyridine rings is 1. The number of nitrogens with zero attached hydrogens (tertiary/aromatic N) is 2. The van der Waals surface area contributed by atoms with E-state index < -0.39 is 10.0 Å². The predicted molar refractivity (Wildman–Crippen MR) is 79.4 cm³/mol. The number of hydrogen-bond donors (Lipinski definition) is 1. The first-order valence-electron chi connectivity index (χ1n) is 6.73. The molecule has 112 valence electrons. The maximum atomic E-state index is 12.5. The van der Waals surface area contributed by atoms with Gasteiger partial charge in [-0.05, 0) is 49.9 Å². The second-order valence-electron chi connectivity index (χ2n) is 5.53. The minimum absolute atomic E-state index is 0. The van der Waals surface area contributed by atoms with Crippen molar-refractivity contribution in [1.29, 1.82) is 0 Å². The Kier molecular flexibility index (Phi) is 4.69. The Morgan fingerprint density at radius 2 is 2.00 bits per heavy atom. The molecule has 0 aromatic carbocycles. The molecular weight excluding hydrogens is 298 g/mol. The first-order chi connectivity index (χ1) is 9.12. The quantitative estimate of drug-likeness (QED) is 0.892. The minimum Gasteiger partial charge on any atom is -0.317 e. The average Bonchev–Trinajstić information content (AvgIpc) is 2.85. The van der Waals surface area contributed by atoms with Gasteiger partial charge < -0.3 is 5.32 Å². The van der Waals surface area contributed by atoms with E-state index in [0.29, 0.717) is 18.0 Å². The van der Waals surface area contributed by atoms with Crippen molar-refractivity contribution in [3.63, 3.8) is 0 Å². The molecule has 20 heavy (non-hydrogen) atoms. The van der Waals surface area contributed by atoms with Crippen molar-refractivity contribution in [2.75, 3.05) is 26.2 Å². The van der Waals surface area contributed by atoms with Gasteiger partial charge in [0.15, 0.2) is 0 Å². The highest BCUT2D eigenvalue weighted by Crippen LogP contribution is 2.40. The van der Waals surface area contributed by atoms with Crippen LogP contribution in [0.1, 0.15) is 19.3 Å². The van der Waals surface area contributed by atoms with Crippen LogP contribution in [0.4, 0.5) is 0 Å². The second-order valence-corrected chi connectivity index (χ2v) is 7.47. The summed E-state index contributed by atoms with van der Waals surface area (Å²) in [6, 6.07) is 3.29. The molecule has 2 aliphatic rings. The maximum Gasteiger partial charge on any atom is 0.244 e. The van der Waals surface area contributed by atoms with Gasteiger partial charge in [0.2, 0.25) is 10.0 Å². The number of nitrogens with one attached hydrogen (secondary N) is 1. The molecule has 3 rings (SSSR count). The van der Waals surface area contributed by atoms with Crippen molar-refractivity contribution in [2.45, 2.75) is 24.2 Å². The van der Waals surface area contributed by atoms with Crippen LogP contribution in [-0.4, -0.2) is 43.9 Å². The molecule has 2 saturated heterocycles. The number of halogens is 1. The van der Waals surface area contributed by atoms with Gasteiger partial charge in [0.1, 0.15) is 4.90 Å². The van der Waals surface area contributed by atoms with E-state index in [2.05, 4.69) is 10.3 Å². The third kappa shape index (κ3) is 2.83. The predicted octanol–water partition coefficient (Wildman–Crippen LogP) is 1.27. The lowest BCUT2D eigenvalue weighted by molar-refractivity contribution is 0.218. The molecule has 2 aliphatic heterocycles. The number of piperidine rings is 1. The summed E-state index contributed by atoms with van der Waals surface area (Å²) in [6.07, 6.45) is 6.16. The summed E-state index contributed by atoms with van der Waals surface area (Å²) in [5.74, 6) is 0. The highest BCUT2D eigenvalue weighted by Gasteiger charge is 2.43. The van der Waals surface area contributed by atoms with E-state index in [0.717, 1.165) is 32.4 Å². The molecule has 0 atom stereocenters. The fourth-order valence-corrected chi connectivity index (χ4v) is 4.63. The Hall–Kier alpha value is -0.690. The Bertz CT molecular complexity index is 544. The Labute approximate surface area is 126 Å². The lowest BCUT2D eigenvalue weighted by Gasteiger charge is -2.33. The van der Waals surface area contributed by atoms with Gasteiger partial charge in [-0.2, -0.15) is 4.31 Å². The Balaban J connectivity index is 0.00000147. The fraction of sp³-hybridized carbons (Fsp3) is 0.615. The Morgan fingerprint density at radius 1 is 1.25 bits per heavy atom. The molecular formula is C13H20ClN3O2S. The summed E-state index contributed by atoms with van der Waals surface area (Å²) < 4.78 is 26.7. The summed E-state index contributed by atoms with van der Waals surface area (Å²) in [6.45, 7) is 3.30. The van der Waals surface area contributed by atoms with Crippen LogP contribution in [-0.2, 0) is 10.0 Å². The van der Waals surface area contributed by atoms with E-state index >= 15 is 0 Å². The first kappa shape index (κ1) is 15.7. The fourth-order valence-electron chi connectivity index (χ4n) is 3.11. The molecule has 0 amide bonds. The molecule has 1 aromatic heterocycles. The highest BCUT2D eigenvalue weighted by molar-refractivity contribution is 7.89. The van der Waals surface area contributed by atoms with Gasteiger partial charge in [-0.25, -0.2) is 8.42 Å². The van der Waals surface area contributed by atoms with Gasteiger partial charge in [0.25, 0.3) is 0 Å². The van der Waals surface area contributed by atoms with E-state index in [4.69, 9.17) is 0 Å².